The molecular formula is C21H23F3N4O3S. The Hall–Kier alpha value is -2.92. The van der Waals surface area contributed by atoms with Gasteiger partial charge in [-0.05, 0) is 35.9 Å². The van der Waals surface area contributed by atoms with Gasteiger partial charge in [0.15, 0.2) is 0 Å². The molecule has 7 nitrogen and oxygen atoms in total. The van der Waals surface area contributed by atoms with Crippen molar-refractivity contribution in [1.29, 1.82) is 0 Å². The zero-order valence-corrected chi connectivity index (χ0v) is 17.9. The maximum absolute atomic E-state index is 12.7. The average molecular weight is 469 g/mol. The van der Waals surface area contributed by atoms with Crippen molar-refractivity contribution >= 4 is 27.8 Å². The van der Waals surface area contributed by atoms with Gasteiger partial charge in [0.1, 0.15) is 5.82 Å². The summed E-state index contributed by atoms with van der Waals surface area (Å²) in [5, 5.41) is 2.45. The molecule has 0 radical (unpaired) electrons. The van der Waals surface area contributed by atoms with Crippen LogP contribution in [0.2, 0.25) is 0 Å². The Bertz CT molecular complexity index is 1050. The summed E-state index contributed by atoms with van der Waals surface area (Å²) < 4.78 is 64.7. The molecule has 0 saturated carbocycles. The van der Waals surface area contributed by atoms with Crippen LogP contribution in [0.15, 0.2) is 54.7 Å². The number of amides is 1. The second kappa shape index (κ2) is 10.1. The summed E-state index contributed by atoms with van der Waals surface area (Å²) in [4.78, 5) is 18.2. The second-order valence-electron chi connectivity index (χ2n) is 7.14. The van der Waals surface area contributed by atoms with Crippen molar-refractivity contribution in [2.45, 2.75) is 6.18 Å². The summed E-state index contributed by atoms with van der Waals surface area (Å²) in [7, 11) is -3.55. The van der Waals surface area contributed by atoms with Crippen molar-refractivity contribution in [2.24, 2.45) is 0 Å². The molecule has 1 saturated heterocycles. The maximum Gasteiger partial charge on any atom is 0.416 e. The lowest BCUT2D eigenvalue weighted by molar-refractivity contribution is -0.137. The molecule has 0 spiro atoms. The van der Waals surface area contributed by atoms with Gasteiger partial charge in [0, 0.05) is 45.0 Å². The first-order valence-corrected chi connectivity index (χ1v) is 11.5. The number of nitrogens with one attached hydrogen (secondary N) is 1. The average Bonchev–Trinajstić information content (AvgIpc) is 2.78. The highest BCUT2D eigenvalue weighted by Crippen LogP contribution is 2.29. The minimum atomic E-state index is -4.47. The quantitative estimate of drug-likeness (QED) is 0.631. The van der Waals surface area contributed by atoms with Crippen LogP contribution in [-0.2, 0) is 21.0 Å². The number of piperazine rings is 1. The Kier molecular flexibility index (Phi) is 7.52. The lowest BCUT2D eigenvalue weighted by Crippen LogP contribution is -2.50. The van der Waals surface area contributed by atoms with E-state index in [2.05, 4.69) is 10.3 Å². The number of sulfonamides is 1. The summed E-state index contributed by atoms with van der Waals surface area (Å²) in [6, 6.07) is 10.1. The van der Waals surface area contributed by atoms with Crippen molar-refractivity contribution in [3.8, 4) is 0 Å². The number of rotatable bonds is 7. The fourth-order valence-electron chi connectivity index (χ4n) is 3.22. The summed E-state index contributed by atoms with van der Waals surface area (Å²) in [6.07, 6.45) is -0.462. The normalized spacial score (nSPS) is 15.8. The van der Waals surface area contributed by atoms with Gasteiger partial charge >= 0.3 is 6.18 Å². The molecule has 0 aliphatic carbocycles. The molecule has 1 N–H and O–H groups in total. The Balaban J connectivity index is 1.45. The Labute approximate surface area is 184 Å². The van der Waals surface area contributed by atoms with Gasteiger partial charge in [0.2, 0.25) is 15.9 Å². The largest absolute Gasteiger partial charge is 0.416 e. The van der Waals surface area contributed by atoms with Crippen LogP contribution in [0.4, 0.5) is 19.0 Å². The lowest BCUT2D eigenvalue weighted by atomic mass is 10.1. The van der Waals surface area contributed by atoms with Crippen molar-refractivity contribution in [2.75, 3.05) is 43.4 Å². The van der Waals surface area contributed by atoms with Crippen molar-refractivity contribution in [3.63, 3.8) is 0 Å². The third-order valence-corrected chi connectivity index (χ3v) is 6.78. The Morgan fingerprint density at radius 1 is 1.09 bits per heavy atom. The van der Waals surface area contributed by atoms with E-state index >= 15 is 0 Å². The highest BCUT2D eigenvalue weighted by molar-refractivity contribution is 7.89. The minimum Gasteiger partial charge on any atom is -0.354 e. The Morgan fingerprint density at radius 3 is 2.50 bits per heavy atom. The van der Waals surface area contributed by atoms with E-state index < -0.39 is 27.7 Å². The van der Waals surface area contributed by atoms with Gasteiger partial charge in [-0.25, -0.2) is 13.4 Å². The zero-order valence-electron chi connectivity index (χ0n) is 17.1. The molecule has 1 amide bonds. The molecule has 32 heavy (non-hydrogen) atoms. The van der Waals surface area contributed by atoms with E-state index in [0.717, 1.165) is 24.0 Å². The van der Waals surface area contributed by atoms with Crippen LogP contribution in [0.5, 0.6) is 0 Å². The van der Waals surface area contributed by atoms with E-state index in [9.17, 15) is 26.4 Å². The number of hydrogen-bond acceptors (Lipinski definition) is 5. The SMILES string of the molecule is O=C(/C=C/c1cccc(C(F)(F)F)c1)NCCS(=O)(=O)N1CCN(c2ccccn2)CC1. The minimum absolute atomic E-state index is 0.103. The van der Waals surface area contributed by atoms with Gasteiger partial charge in [-0.1, -0.05) is 18.2 Å². The molecule has 1 aliphatic rings. The molecule has 1 fully saturated rings. The van der Waals surface area contributed by atoms with E-state index in [1.54, 1.807) is 6.20 Å². The van der Waals surface area contributed by atoms with E-state index in [-0.39, 0.29) is 17.9 Å². The molecule has 1 aromatic heterocycles. The lowest BCUT2D eigenvalue weighted by Gasteiger charge is -2.34. The molecule has 11 heteroatoms. The van der Waals surface area contributed by atoms with Gasteiger partial charge in [-0.15, -0.1) is 0 Å². The van der Waals surface area contributed by atoms with Crippen molar-refractivity contribution < 1.29 is 26.4 Å². The number of hydrogen-bond donors (Lipinski definition) is 1. The van der Waals surface area contributed by atoms with Crippen LogP contribution in [0.1, 0.15) is 11.1 Å². The molecule has 172 valence electrons. The van der Waals surface area contributed by atoms with Crippen molar-refractivity contribution in [1.82, 2.24) is 14.6 Å². The number of carbonyl (C=O) groups is 1. The zero-order chi connectivity index (χ0) is 23.2. The fraction of sp³-hybridized carbons (Fsp3) is 0.333. The summed E-state index contributed by atoms with van der Waals surface area (Å²) >= 11 is 0. The highest BCUT2D eigenvalue weighted by Gasteiger charge is 2.30. The number of aromatic nitrogens is 1. The topological polar surface area (TPSA) is 82.6 Å². The van der Waals surface area contributed by atoms with Crippen LogP contribution in [-0.4, -0.2) is 62.1 Å². The van der Waals surface area contributed by atoms with E-state index in [1.165, 1.54) is 22.5 Å². The van der Waals surface area contributed by atoms with Crippen LogP contribution in [0.25, 0.3) is 6.08 Å². The first-order valence-electron chi connectivity index (χ1n) is 9.92. The van der Waals surface area contributed by atoms with Crippen LogP contribution >= 0.6 is 0 Å². The molecule has 3 rings (SSSR count). The molecular weight excluding hydrogens is 445 g/mol. The number of alkyl halides is 3. The summed E-state index contributed by atoms with van der Waals surface area (Å²) in [5.41, 5.74) is -0.595. The first-order chi connectivity index (χ1) is 15.1. The van der Waals surface area contributed by atoms with Gasteiger partial charge < -0.3 is 10.2 Å². The van der Waals surface area contributed by atoms with Crippen LogP contribution < -0.4 is 10.2 Å². The summed E-state index contributed by atoms with van der Waals surface area (Å²) in [5.74, 6) is -0.0540. The summed E-state index contributed by atoms with van der Waals surface area (Å²) in [6.45, 7) is 1.57. The monoisotopic (exact) mass is 468 g/mol. The predicted octanol–water partition coefficient (Wildman–Crippen LogP) is 2.38. The van der Waals surface area contributed by atoms with E-state index in [0.29, 0.717) is 26.2 Å². The molecule has 1 aliphatic heterocycles. The third kappa shape index (κ3) is 6.54. The number of halogens is 3. The molecule has 0 bridgehead atoms. The van der Waals surface area contributed by atoms with Crippen LogP contribution in [0.3, 0.4) is 0 Å². The number of pyridine rings is 1. The first kappa shape index (κ1) is 23.7. The van der Waals surface area contributed by atoms with E-state index in [1.807, 2.05) is 23.1 Å². The molecule has 1 aromatic carbocycles. The number of anilines is 1. The van der Waals surface area contributed by atoms with Crippen LogP contribution in [0, 0.1) is 0 Å². The number of benzene rings is 1. The highest BCUT2D eigenvalue weighted by atomic mass is 32.2. The number of nitrogens with zero attached hydrogens (tertiary/aromatic N) is 3. The van der Waals surface area contributed by atoms with Gasteiger partial charge in [0.25, 0.3) is 0 Å². The van der Waals surface area contributed by atoms with Crippen molar-refractivity contribution in [3.05, 3.63) is 65.9 Å². The van der Waals surface area contributed by atoms with Gasteiger partial charge in [0.05, 0.1) is 11.3 Å². The Morgan fingerprint density at radius 2 is 1.84 bits per heavy atom. The maximum atomic E-state index is 12.7. The molecule has 0 atom stereocenters. The number of carbonyl (C=O) groups excluding carboxylic acids is 1. The smallest absolute Gasteiger partial charge is 0.354 e. The van der Waals surface area contributed by atoms with Gasteiger partial charge in [-0.3, -0.25) is 4.79 Å². The molecule has 0 unspecified atom stereocenters. The van der Waals surface area contributed by atoms with E-state index in [4.69, 9.17) is 0 Å². The molecule has 2 aromatic rings. The second-order valence-corrected chi connectivity index (χ2v) is 9.23. The van der Waals surface area contributed by atoms with Gasteiger partial charge in [-0.2, -0.15) is 17.5 Å². The molecule has 2 heterocycles. The fourth-order valence-corrected chi connectivity index (χ4v) is 4.56. The standard InChI is InChI=1S/C21H23F3N4O3S/c22-21(23,24)18-5-3-4-17(16-18)7-8-20(29)26-10-15-32(30,31)28-13-11-27(12-14-28)19-6-1-2-9-25-19/h1-9,16H,10-15H2,(H,26,29)/b8-7+. The predicted molar refractivity (Wildman–Crippen MR) is 115 cm³/mol. The third-order valence-electron chi connectivity index (χ3n) is 4.91.